The molecule has 0 amide bonds. The molecule has 4 nitrogen and oxygen atoms in total. The number of hydrogen-bond donors (Lipinski definition) is 2. The fraction of sp³-hybridized carbons (Fsp3) is 0.500. The minimum absolute atomic E-state index is 0. The molecule has 0 aliphatic heterocycles. The highest BCUT2D eigenvalue weighted by molar-refractivity contribution is 14.0. The zero-order valence-corrected chi connectivity index (χ0v) is 14.5. The number of nitrogens with two attached hydrogens (primary N) is 1. The van der Waals surface area contributed by atoms with Gasteiger partial charge < -0.3 is 16.0 Å². The van der Waals surface area contributed by atoms with E-state index in [9.17, 15) is 0 Å². The van der Waals surface area contributed by atoms with Gasteiger partial charge in [0.05, 0.1) is 6.54 Å². The Morgan fingerprint density at radius 2 is 1.84 bits per heavy atom. The highest BCUT2D eigenvalue weighted by atomic mass is 127. The maximum absolute atomic E-state index is 5.80. The molecule has 3 N–H and O–H groups in total. The Hall–Kier alpha value is -0.820. The Morgan fingerprint density at radius 3 is 2.37 bits per heavy atom. The Morgan fingerprint density at radius 1 is 1.26 bits per heavy atom. The van der Waals surface area contributed by atoms with E-state index < -0.39 is 0 Å². The summed E-state index contributed by atoms with van der Waals surface area (Å²) in [5.74, 6) is 0.504. The largest absolute Gasteiger partial charge is 0.370 e. The van der Waals surface area contributed by atoms with Crippen LogP contribution < -0.4 is 11.1 Å². The molecular formula is C14H25IN4. The third-order valence-electron chi connectivity index (χ3n) is 2.46. The predicted molar refractivity (Wildman–Crippen MR) is 92.8 cm³/mol. The van der Waals surface area contributed by atoms with Crippen LogP contribution in [0, 0.1) is 0 Å². The number of halogens is 1. The summed E-state index contributed by atoms with van der Waals surface area (Å²) >= 11 is 0. The number of nitrogens with zero attached hydrogens (tertiary/aromatic N) is 2. The summed E-state index contributed by atoms with van der Waals surface area (Å²) in [6, 6.07) is 8.64. The zero-order valence-electron chi connectivity index (χ0n) is 12.2. The van der Waals surface area contributed by atoms with Gasteiger partial charge in [-0.3, -0.25) is 0 Å². The van der Waals surface area contributed by atoms with Crippen LogP contribution >= 0.6 is 24.0 Å². The molecule has 0 atom stereocenters. The van der Waals surface area contributed by atoms with Gasteiger partial charge in [0, 0.05) is 12.6 Å². The summed E-state index contributed by atoms with van der Waals surface area (Å²) in [7, 11) is 4.13. The first-order valence-electron chi connectivity index (χ1n) is 6.27. The normalized spacial score (nSPS) is 11.6. The third kappa shape index (κ3) is 7.37. The van der Waals surface area contributed by atoms with Crippen LogP contribution in [0.25, 0.3) is 0 Å². The second-order valence-corrected chi connectivity index (χ2v) is 5.01. The molecule has 108 valence electrons. The maximum atomic E-state index is 5.80. The van der Waals surface area contributed by atoms with Crippen LogP contribution in [0.1, 0.15) is 25.0 Å². The average molecular weight is 376 g/mol. The SMILES string of the molecule is CC(C)NC(N)=NCc1ccccc1CN(C)C.I. The van der Waals surface area contributed by atoms with E-state index >= 15 is 0 Å². The van der Waals surface area contributed by atoms with Gasteiger partial charge >= 0.3 is 0 Å². The van der Waals surface area contributed by atoms with Gasteiger partial charge in [-0.15, -0.1) is 24.0 Å². The molecule has 0 saturated carbocycles. The predicted octanol–water partition coefficient (Wildman–Crippen LogP) is 2.18. The molecule has 0 aromatic heterocycles. The number of hydrogen-bond acceptors (Lipinski definition) is 2. The lowest BCUT2D eigenvalue weighted by Crippen LogP contribution is -2.36. The Labute approximate surface area is 133 Å². The first-order chi connectivity index (χ1) is 8.49. The van der Waals surface area contributed by atoms with Gasteiger partial charge in [-0.1, -0.05) is 24.3 Å². The van der Waals surface area contributed by atoms with E-state index in [1.54, 1.807) is 0 Å². The molecule has 0 bridgehead atoms. The van der Waals surface area contributed by atoms with Gasteiger partial charge in [-0.05, 0) is 39.1 Å². The molecule has 0 unspecified atom stereocenters. The quantitative estimate of drug-likeness (QED) is 0.471. The van der Waals surface area contributed by atoms with E-state index in [4.69, 9.17) is 5.73 Å². The van der Waals surface area contributed by atoms with Gasteiger partial charge in [0.2, 0.25) is 0 Å². The number of benzene rings is 1. The van der Waals surface area contributed by atoms with Gasteiger partial charge in [0.15, 0.2) is 5.96 Å². The topological polar surface area (TPSA) is 53.6 Å². The molecule has 0 aliphatic rings. The summed E-state index contributed by atoms with van der Waals surface area (Å²) in [5.41, 5.74) is 8.32. The van der Waals surface area contributed by atoms with E-state index in [0.717, 1.165) is 6.54 Å². The van der Waals surface area contributed by atoms with Gasteiger partial charge in [0.1, 0.15) is 0 Å². The Balaban J connectivity index is 0.00000324. The lowest BCUT2D eigenvalue weighted by molar-refractivity contribution is 0.401. The van der Waals surface area contributed by atoms with Crippen molar-refractivity contribution in [1.29, 1.82) is 0 Å². The molecule has 0 fully saturated rings. The van der Waals surface area contributed by atoms with Gasteiger partial charge in [-0.2, -0.15) is 0 Å². The number of aliphatic imine (C=N–C) groups is 1. The summed E-state index contributed by atoms with van der Waals surface area (Å²) in [6.07, 6.45) is 0. The van der Waals surface area contributed by atoms with Crippen molar-refractivity contribution >= 4 is 29.9 Å². The summed E-state index contributed by atoms with van der Waals surface area (Å²) < 4.78 is 0. The Kier molecular flexibility index (Phi) is 8.75. The van der Waals surface area contributed by atoms with Crippen LogP contribution in [0.15, 0.2) is 29.3 Å². The minimum Gasteiger partial charge on any atom is -0.370 e. The summed E-state index contributed by atoms with van der Waals surface area (Å²) in [4.78, 5) is 6.52. The standard InChI is InChI=1S/C14H24N4.HI/c1-11(2)17-14(15)16-9-12-7-5-6-8-13(12)10-18(3)4;/h5-8,11H,9-10H2,1-4H3,(H3,15,16,17);1H. The second-order valence-electron chi connectivity index (χ2n) is 5.01. The number of rotatable bonds is 5. The molecule has 0 heterocycles. The van der Waals surface area contributed by atoms with Gasteiger partial charge in [0.25, 0.3) is 0 Å². The zero-order chi connectivity index (χ0) is 13.5. The average Bonchev–Trinajstić information content (AvgIpc) is 2.26. The van der Waals surface area contributed by atoms with Gasteiger partial charge in [-0.25, -0.2) is 4.99 Å². The summed E-state index contributed by atoms with van der Waals surface area (Å²) in [6.45, 7) is 5.63. The van der Waals surface area contributed by atoms with E-state index in [-0.39, 0.29) is 24.0 Å². The van der Waals surface area contributed by atoms with Crippen molar-refractivity contribution in [1.82, 2.24) is 10.2 Å². The molecular weight excluding hydrogens is 351 g/mol. The first-order valence-corrected chi connectivity index (χ1v) is 6.27. The molecule has 1 rings (SSSR count). The maximum Gasteiger partial charge on any atom is 0.189 e. The number of guanidine groups is 1. The fourth-order valence-corrected chi connectivity index (χ4v) is 1.72. The van der Waals surface area contributed by atoms with Crippen molar-refractivity contribution in [2.75, 3.05) is 14.1 Å². The Bertz CT molecular complexity index is 402. The van der Waals surface area contributed by atoms with Crippen molar-refractivity contribution in [3.05, 3.63) is 35.4 Å². The molecule has 0 radical (unpaired) electrons. The van der Waals surface area contributed by atoms with E-state index in [1.165, 1.54) is 11.1 Å². The summed E-state index contributed by atoms with van der Waals surface area (Å²) in [5, 5.41) is 3.09. The highest BCUT2D eigenvalue weighted by Gasteiger charge is 2.02. The van der Waals surface area contributed by atoms with Crippen LogP contribution in [0.5, 0.6) is 0 Å². The third-order valence-corrected chi connectivity index (χ3v) is 2.46. The van der Waals surface area contributed by atoms with Crippen LogP contribution in [0.4, 0.5) is 0 Å². The van der Waals surface area contributed by atoms with Crippen molar-refractivity contribution in [3.8, 4) is 0 Å². The molecule has 19 heavy (non-hydrogen) atoms. The van der Waals surface area contributed by atoms with Crippen molar-refractivity contribution in [2.24, 2.45) is 10.7 Å². The molecule has 0 aliphatic carbocycles. The van der Waals surface area contributed by atoms with Crippen LogP contribution in [0.3, 0.4) is 0 Å². The molecule has 5 heteroatoms. The molecule has 0 spiro atoms. The smallest absolute Gasteiger partial charge is 0.189 e. The first kappa shape index (κ1) is 18.2. The molecule has 1 aromatic rings. The van der Waals surface area contributed by atoms with E-state index in [0.29, 0.717) is 18.5 Å². The van der Waals surface area contributed by atoms with Crippen molar-refractivity contribution < 1.29 is 0 Å². The lowest BCUT2D eigenvalue weighted by atomic mass is 10.1. The monoisotopic (exact) mass is 376 g/mol. The molecule has 0 saturated heterocycles. The van der Waals surface area contributed by atoms with Crippen LogP contribution in [-0.2, 0) is 13.1 Å². The van der Waals surface area contributed by atoms with Crippen molar-refractivity contribution in [2.45, 2.75) is 33.0 Å². The highest BCUT2D eigenvalue weighted by Crippen LogP contribution is 2.11. The van der Waals surface area contributed by atoms with Crippen LogP contribution in [-0.4, -0.2) is 31.0 Å². The lowest BCUT2D eigenvalue weighted by Gasteiger charge is -2.13. The van der Waals surface area contributed by atoms with E-state index in [1.807, 2.05) is 19.9 Å². The van der Waals surface area contributed by atoms with Crippen LogP contribution in [0.2, 0.25) is 0 Å². The minimum atomic E-state index is 0. The number of nitrogens with one attached hydrogen (secondary N) is 1. The fourth-order valence-electron chi connectivity index (χ4n) is 1.72. The second kappa shape index (κ2) is 9.14. The van der Waals surface area contributed by atoms with E-state index in [2.05, 4.69) is 47.5 Å². The molecule has 1 aromatic carbocycles. The van der Waals surface area contributed by atoms with Crippen molar-refractivity contribution in [3.63, 3.8) is 0 Å².